The number of sulfone groups is 1. The predicted molar refractivity (Wildman–Crippen MR) is 112 cm³/mol. The van der Waals surface area contributed by atoms with Crippen molar-refractivity contribution in [2.24, 2.45) is 0 Å². The van der Waals surface area contributed by atoms with Crippen molar-refractivity contribution in [1.29, 1.82) is 0 Å². The van der Waals surface area contributed by atoms with Crippen LogP contribution in [0.3, 0.4) is 0 Å². The molecule has 1 aromatic rings. The molecule has 1 heterocycles. The molecule has 6 heteroatoms. The molecule has 0 bridgehead atoms. The maximum Gasteiger partial charge on any atom is 0.233 e. The van der Waals surface area contributed by atoms with E-state index in [0.29, 0.717) is 12.2 Å². The van der Waals surface area contributed by atoms with Gasteiger partial charge < -0.3 is 4.90 Å². The second kappa shape index (κ2) is 8.16. The summed E-state index contributed by atoms with van der Waals surface area (Å²) in [5.41, 5.74) is 1.40. The average molecular weight is 410 g/mol. The summed E-state index contributed by atoms with van der Waals surface area (Å²) in [5, 5.41) is 0. The topological polar surface area (TPSA) is 54.5 Å². The molecular weight excluding hydrogens is 378 g/mol. The Kier molecular flexibility index (Phi) is 6.26. The molecule has 2 fully saturated rings. The first-order valence-electron chi connectivity index (χ1n) is 9.91. The van der Waals surface area contributed by atoms with Gasteiger partial charge in [-0.1, -0.05) is 45.7 Å². The lowest BCUT2D eigenvalue weighted by Gasteiger charge is -2.34. The molecule has 4 nitrogen and oxygen atoms in total. The SMILES string of the molecule is CC(C)(C)c1ccc(SCC(=O)N(C2CCCC2)[C@H]2CCS(=O)(=O)C2)cc1. The van der Waals surface area contributed by atoms with Gasteiger partial charge in [0.2, 0.25) is 5.91 Å². The second-order valence-corrected chi connectivity index (χ2v) is 12.1. The minimum absolute atomic E-state index is 0.0916. The Morgan fingerprint density at radius 3 is 2.22 bits per heavy atom. The van der Waals surface area contributed by atoms with Gasteiger partial charge in [-0.25, -0.2) is 8.42 Å². The highest BCUT2D eigenvalue weighted by atomic mass is 32.2. The van der Waals surface area contributed by atoms with Crippen LogP contribution in [-0.4, -0.2) is 48.6 Å². The highest BCUT2D eigenvalue weighted by molar-refractivity contribution is 8.00. The summed E-state index contributed by atoms with van der Waals surface area (Å²) < 4.78 is 23.9. The van der Waals surface area contributed by atoms with E-state index in [9.17, 15) is 13.2 Å². The van der Waals surface area contributed by atoms with Crippen molar-refractivity contribution in [3.05, 3.63) is 29.8 Å². The van der Waals surface area contributed by atoms with Gasteiger partial charge in [0.05, 0.1) is 17.3 Å². The van der Waals surface area contributed by atoms with E-state index >= 15 is 0 Å². The van der Waals surface area contributed by atoms with Gasteiger partial charge in [0.15, 0.2) is 9.84 Å². The van der Waals surface area contributed by atoms with Gasteiger partial charge in [0.1, 0.15) is 0 Å². The number of rotatable bonds is 5. The molecule has 150 valence electrons. The Morgan fingerprint density at radius 2 is 1.70 bits per heavy atom. The van der Waals surface area contributed by atoms with Gasteiger partial charge in [-0.05, 0) is 42.4 Å². The van der Waals surface area contributed by atoms with E-state index in [0.717, 1.165) is 30.6 Å². The summed E-state index contributed by atoms with van der Waals surface area (Å²) >= 11 is 1.55. The van der Waals surface area contributed by atoms with Crippen molar-refractivity contribution in [1.82, 2.24) is 4.90 Å². The van der Waals surface area contributed by atoms with Crippen molar-refractivity contribution in [3.63, 3.8) is 0 Å². The van der Waals surface area contributed by atoms with E-state index < -0.39 is 9.84 Å². The molecule has 1 aliphatic carbocycles. The highest BCUT2D eigenvalue weighted by Crippen LogP contribution is 2.31. The summed E-state index contributed by atoms with van der Waals surface area (Å²) in [6.45, 7) is 6.56. The number of nitrogens with zero attached hydrogens (tertiary/aromatic N) is 1. The third kappa shape index (κ3) is 5.29. The summed E-state index contributed by atoms with van der Waals surface area (Å²) in [6, 6.07) is 8.52. The number of thioether (sulfide) groups is 1. The van der Waals surface area contributed by atoms with Gasteiger partial charge in [0.25, 0.3) is 0 Å². The van der Waals surface area contributed by atoms with Crippen molar-refractivity contribution < 1.29 is 13.2 Å². The fourth-order valence-electron chi connectivity index (χ4n) is 4.15. The van der Waals surface area contributed by atoms with Crippen LogP contribution in [0.15, 0.2) is 29.2 Å². The van der Waals surface area contributed by atoms with Crippen LogP contribution in [-0.2, 0) is 20.0 Å². The Morgan fingerprint density at radius 1 is 1.07 bits per heavy atom. The van der Waals surface area contributed by atoms with Crippen molar-refractivity contribution in [3.8, 4) is 0 Å². The van der Waals surface area contributed by atoms with Crippen LogP contribution in [0.5, 0.6) is 0 Å². The summed E-state index contributed by atoms with van der Waals surface area (Å²) in [5.74, 6) is 0.825. The van der Waals surface area contributed by atoms with Crippen LogP contribution >= 0.6 is 11.8 Å². The highest BCUT2D eigenvalue weighted by Gasteiger charge is 2.38. The number of hydrogen-bond donors (Lipinski definition) is 0. The van der Waals surface area contributed by atoms with Gasteiger partial charge in [0, 0.05) is 17.0 Å². The molecule has 0 aromatic heterocycles. The van der Waals surface area contributed by atoms with Crippen LogP contribution in [0.4, 0.5) is 0 Å². The lowest BCUT2D eigenvalue weighted by atomic mass is 9.87. The molecule has 1 atom stereocenters. The molecule has 3 rings (SSSR count). The number of amides is 1. The first kappa shape index (κ1) is 20.7. The standard InChI is InChI=1S/C21H31NO3S2/c1-21(2,3)16-8-10-19(11-9-16)26-14-20(23)22(17-6-4-5-7-17)18-12-13-27(24,25)15-18/h8-11,17-18H,4-7,12-15H2,1-3H3/t18-/m0/s1. The molecule has 1 saturated carbocycles. The zero-order valence-corrected chi connectivity index (χ0v) is 18.2. The summed E-state index contributed by atoms with van der Waals surface area (Å²) in [4.78, 5) is 16.1. The molecule has 0 unspecified atom stereocenters. The Labute approximate surface area is 168 Å². The first-order valence-corrected chi connectivity index (χ1v) is 12.7. The smallest absolute Gasteiger partial charge is 0.233 e. The molecule has 1 aliphatic heterocycles. The monoisotopic (exact) mass is 409 g/mol. The molecule has 1 amide bonds. The predicted octanol–water partition coefficient (Wildman–Crippen LogP) is 4.03. The number of benzene rings is 1. The van der Waals surface area contributed by atoms with Crippen molar-refractivity contribution >= 4 is 27.5 Å². The second-order valence-electron chi connectivity index (χ2n) is 8.86. The van der Waals surface area contributed by atoms with E-state index in [1.807, 2.05) is 4.90 Å². The maximum atomic E-state index is 13.0. The van der Waals surface area contributed by atoms with E-state index in [-0.39, 0.29) is 34.9 Å². The van der Waals surface area contributed by atoms with Crippen LogP contribution in [0.2, 0.25) is 0 Å². The van der Waals surface area contributed by atoms with E-state index in [2.05, 4.69) is 45.0 Å². The average Bonchev–Trinajstić information content (AvgIpc) is 3.23. The molecule has 2 aliphatic rings. The molecule has 1 aromatic carbocycles. The Bertz CT molecular complexity index is 760. The third-order valence-corrected chi connectivity index (χ3v) is 8.44. The maximum absolute atomic E-state index is 13.0. The molecule has 1 saturated heterocycles. The molecular formula is C21H31NO3S2. The number of carbonyl (C=O) groups is 1. The molecule has 0 N–H and O–H groups in total. The molecule has 0 spiro atoms. The van der Waals surface area contributed by atoms with Gasteiger partial charge in [-0.3, -0.25) is 4.79 Å². The van der Waals surface area contributed by atoms with Gasteiger partial charge in [-0.2, -0.15) is 0 Å². The summed E-state index contributed by atoms with van der Waals surface area (Å²) in [6.07, 6.45) is 4.88. The van der Waals surface area contributed by atoms with E-state index in [1.165, 1.54) is 5.56 Å². The third-order valence-electron chi connectivity index (χ3n) is 5.69. The van der Waals surface area contributed by atoms with Crippen molar-refractivity contribution in [2.75, 3.05) is 17.3 Å². The van der Waals surface area contributed by atoms with E-state index in [4.69, 9.17) is 0 Å². The van der Waals surface area contributed by atoms with Crippen LogP contribution < -0.4 is 0 Å². The minimum atomic E-state index is -2.99. The fourth-order valence-corrected chi connectivity index (χ4v) is 6.63. The minimum Gasteiger partial charge on any atom is -0.335 e. The van der Waals surface area contributed by atoms with Crippen molar-refractivity contribution in [2.45, 2.75) is 75.3 Å². The lowest BCUT2D eigenvalue weighted by Crippen LogP contribution is -2.47. The zero-order valence-electron chi connectivity index (χ0n) is 16.6. The molecule has 27 heavy (non-hydrogen) atoms. The quantitative estimate of drug-likeness (QED) is 0.689. The largest absolute Gasteiger partial charge is 0.335 e. The molecule has 0 radical (unpaired) electrons. The lowest BCUT2D eigenvalue weighted by molar-refractivity contribution is -0.132. The fraction of sp³-hybridized carbons (Fsp3) is 0.667. The Balaban J connectivity index is 1.66. The van der Waals surface area contributed by atoms with Crippen LogP contribution in [0.25, 0.3) is 0 Å². The zero-order chi connectivity index (χ0) is 19.7. The summed E-state index contributed by atoms with van der Waals surface area (Å²) in [7, 11) is -2.99. The van der Waals surface area contributed by atoms with Gasteiger partial charge in [-0.15, -0.1) is 11.8 Å². The normalized spacial score (nSPS) is 22.9. The number of hydrogen-bond acceptors (Lipinski definition) is 4. The van der Waals surface area contributed by atoms with Gasteiger partial charge >= 0.3 is 0 Å². The Hall–Kier alpha value is -1.01. The van der Waals surface area contributed by atoms with E-state index in [1.54, 1.807) is 11.8 Å². The number of carbonyl (C=O) groups excluding carboxylic acids is 1. The first-order chi connectivity index (χ1) is 12.7. The van der Waals surface area contributed by atoms with Crippen LogP contribution in [0.1, 0.15) is 58.4 Å². The van der Waals surface area contributed by atoms with Crippen LogP contribution in [0, 0.1) is 0 Å².